The second kappa shape index (κ2) is 5.68. The van der Waals surface area contributed by atoms with E-state index in [-0.39, 0.29) is 40.9 Å². The van der Waals surface area contributed by atoms with Gasteiger partial charge in [0.05, 0.1) is 31.8 Å². The Morgan fingerprint density at radius 1 is 1.15 bits per heavy atom. The molecule has 2 amide bonds. The van der Waals surface area contributed by atoms with Gasteiger partial charge < -0.3 is 9.47 Å². The van der Waals surface area contributed by atoms with Gasteiger partial charge in [0.1, 0.15) is 0 Å². The lowest BCUT2D eigenvalue weighted by Gasteiger charge is -2.18. The summed E-state index contributed by atoms with van der Waals surface area (Å²) in [6.07, 6.45) is 8.14. The molecule has 3 aliphatic carbocycles. The number of hydrogen-bond donors (Lipinski definition) is 0. The van der Waals surface area contributed by atoms with Gasteiger partial charge in [-0.2, -0.15) is 10.1 Å². The molecule has 4 aliphatic rings. The number of rotatable bonds is 5. The fourth-order valence-corrected chi connectivity index (χ4v) is 5.34. The predicted octanol–water partition coefficient (Wildman–Crippen LogP) is 2.63. The number of allylic oxidation sites excluding steroid dienone is 2. The summed E-state index contributed by atoms with van der Waals surface area (Å²) in [5, 5.41) is 5.32. The van der Waals surface area contributed by atoms with Crippen molar-refractivity contribution in [3.8, 4) is 11.5 Å². The molecule has 2 saturated carbocycles. The number of carbonyl (C=O) groups is 2. The molecule has 140 valence electrons. The number of imide groups is 1. The van der Waals surface area contributed by atoms with Gasteiger partial charge >= 0.3 is 0 Å². The van der Waals surface area contributed by atoms with Crippen LogP contribution < -0.4 is 9.47 Å². The molecule has 1 saturated heterocycles. The zero-order chi connectivity index (χ0) is 18.8. The molecule has 4 unspecified atom stereocenters. The lowest BCUT2D eigenvalue weighted by molar-refractivity contribution is -0.141. The van der Waals surface area contributed by atoms with Crippen molar-refractivity contribution >= 4 is 18.0 Å². The van der Waals surface area contributed by atoms with Crippen LogP contribution in [-0.4, -0.2) is 36.8 Å². The van der Waals surface area contributed by atoms with Crippen LogP contribution >= 0.6 is 0 Å². The summed E-state index contributed by atoms with van der Waals surface area (Å²) in [5.41, 5.74) is 0.951. The van der Waals surface area contributed by atoms with E-state index >= 15 is 0 Å². The molecule has 5 rings (SSSR count). The molecule has 1 heterocycles. The standard InChI is InChI=1S/C21H22N2O4/c1-3-27-15-7-4-12(10-16(15)26-2)11-22-23-19(24)17-13-5-6-14(18(17)20(23)25)21(13)8-9-21/h4-7,10-11,13-14,17-18H,3,8-9H2,1-2H3. The minimum absolute atomic E-state index is 0.151. The molecule has 1 aliphatic heterocycles. The van der Waals surface area contributed by atoms with E-state index in [1.165, 1.54) is 6.21 Å². The van der Waals surface area contributed by atoms with E-state index in [2.05, 4.69) is 17.3 Å². The molecule has 0 radical (unpaired) electrons. The predicted molar refractivity (Wildman–Crippen MR) is 98.4 cm³/mol. The van der Waals surface area contributed by atoms with Gasteiger partial charge in [-0.3, -0.25) is 9.59 Å². The SMILES string of the molecule is CCOc1ccc(C=NN2C(=O)C3C(C2=O)C2C=CC3C23CC3)cc1OC. The van der Waals surface area contributed by atoms with Crippen LogP contribution in [0.1, 0.15) is 25.3 Å². The molecule has 0 aromatic heterocycles. The number of nitrogens with zero attached hydrogens (tertiary/aromatic N) is 2. The first-order chi connectivity index (χ1) is 13.1. The molecule has 1 aromatic rings. The van der Waals surface area contributed by atoms with Crippen LogP contribution in [0, 0.1) is 29.1 Å². The Hall–Kier alpha value is -2.63. The highest BCUT2D eigenvalue weighted by Crippen LogP contribution is 2.73. The van der Waals surface area contributed by atoms with Crippen molar-refractivity contribution < 1.29 is 19.1 Å². The minimum atomic E-state index is -0.220. The molecule has 2 bridgehead atoms. The monoisotopic (exact) mass is 366 g/mol. The maximum absolute atomic E-state index is 12.9. The van der Waals surface area contributed by atoms with Crippen LogP contribution in [0.2, 0.25) is 0 Å². The lowest BCUT2D eigenvalue weighted by Crippen LogP contribution is -2.30. The Morgan fingerprint density at radius 3 is 2.37 bits per heavy atom. The van der Waals surface area contributed by atoms with E-state index in [0.717, 1.165) is 23.4 Å². The van der Waals surface area contributed by atoms with Gasteiger partial charge in [-0.05, 0) is 60.8 Å². The van der Waals surface area contributed by atoms with E-state index in [0.29, 0.717) is 18.1 Å². The van der Waals surface area contributed by atoms with E-state index in [1.54, 1.807) is 19.2 Å². The summed E-state index contributed by atoms with van der Waals surface area (Å²) >= 11 is 0. The first-order valence-corrected chi connectivity index (χ1v) is 9.51. The maximum Gasteiger partial charge on any atom is 0.254 e. The minimum Gasteiger partial charge on any atom is -0.493 e. The lowest BCUT2D eigenvalue weighted by atomic mass is 9.85. The molecule has 1 aromatic carbocycles. The number of hydrogen-bond acceptors (Lipinski definition) is 5. The smallest absolute Gasteiger partial charge is 0.254 e. The van der Waals surface area contributed by atoms with E-state index in [1.807, 2.05) is 13.0 Å². The van der Waals surface area contributed by atoms with Crippen molar-refractivity contribution in [3.63, 3.8) is 0 Å². The molecular formula is C21H22N2O4. The highest BCUT2D eigenvalue weighted by atomic mass is 16.5. The number of amides is 2. The van der Waals surface area contributed by atoms with E-state index in [4.69, 9.17) is 9.47 Å². The van der Waals surface area contributed by atoms with Crippen molar-refractivity contribution in [1.29, 1.82) is 0 Å². The highest BCUT2D eigenvalue weighted by molar-refractivity contribution is 6.07. The van der Waals surface area contributed by atoms with Crippen LogP contribution in [-0.2, 0) is 9.59 Å². The second-order valence-corrected chi connectivity index (χ2v) is 7.80. The first-order valence-electron chi connectivity index (χ1n) is 9.51. The molecular weight excluding hydrogens is 344 g/mol. The number of methoxy groups -OCH3 is 1. The third-order valence-electron chi connectivity index (χ3n) is 6.64. The highest BCUT2D eigenvalue weighted by Gasteiger charge is 2.73. The summed E-state index contributed by atoms with van der Waals surface area (Å²) in [4.78, 5) is 25.8. The summed E-state index contributed by atoms with van der Waals surface area (Å²) < 4.78 is 10.8. The summed E-state index contributed by atoms with van der Waals surface area (Å²) in [6.45, 7) is 2.45. The van der Waals surface area contributed by atoms with Gasteiger partial charge in [-0.25, -0.2) is 0 Å². The van der Waals surface area contributed by atoms with Gasteiger partial charge in [0.25, 0.3) is 11.8 Å². The third-order valence-corrected chi connectivity index (χ3v) is 6.64. The largest absolute Gasteiger partial charge is 0.493 e. The van der Waals surface area contributed by atoms with Crippen LogP contribution in [0.3, 0.4) is 0 Å². The molecule has 6 heteroatoms. The topological polar surface area (TPSA) is 68.2 Å². The van der Waals surface area contributed by atoms with Gasteiger partial charge in [-0.15, -0.1) is 0 Å². The summed E-state index contributed by atoms with van der Waals surface area (Å²) in [7, 11) is 1.57. The zero-order valence-electron chi connectivity index (χ0n) is 15.4. The normalized spacial score (nSPS) is 32.0. The van der Waals surface area contributed by atoms with E-state index < -0.39 is 0 Å². The number of ether oxygens (including phenoxy) is 2. The number of benzene rings is 1. The van der Waals surface area contributed by atoms with Gasteiger partial charge in [0, 0.05) is 0 Å². The van der Waals surface area contributed by atoms with Crippen LogP contribution in [0.4, 0.5) is 0 Å². The van der Waals surface area contributed by atoms with Crippen molar-refractivity contribution in [1.82, 2.24) is 5.01 Å². The Labute approximate surface area is 157 Å². The quantitative estimate of drug-likeness (QED) is 0.456. The third kappa shape index (κ3) is 2.16. The van der Waals surface area contributed by atoms with Gasteiger partial charge in [0.2, 0.25) is 0 Å². The van der Waals surface area contributed by atoms with Crippen molar-refractivity contribution in [2.45, 2.75) is 19.8 Å². The first kappa shape index (κ1) is 16.5. The van der Waals surface area contributed by atoms with Gasteiger partial charge in [-0.1, -0.05) is 12.2 Å². The zero-order valence-corrected chi connectivity index (χ0v) is 15.4. The number of carbonyl (C=O) groups excluding carboxylic acids is 2. The van der Waals surface area contributed by atoms with Crippen LogP contribution in [0.5, 0.6) is 11.5 Å². The maximum atomic E-state index is 12.9. The van der Waals surface area contributed by atoms with Crippen molar-refractivity contribution in [2.24, 2.45) is 34.2 Å². The van der Waals surface area contributed by atoms with Crippen LogP contribution in [0.25, 0.3) is 0 Å². The average Bonchev–Trinajstić information content (AvgIpc) is 3.28. The Bertz CT molecular complexity index is 852. The Morgan fingerprint density at radius 2 is 1.81 bits per heavy atom. The molecule has 0 N–H and O–H groups in total. The van der Waals surface area contributed by atoms with E-state index in [9.17, 15) is 9.59 Å². The fourth-order valence-electron chi connectivity index (χ4n) is 5.34. The van der Waals surface area contributed by atoms with Gasteiger partial charge in [0.15, 0.2) is 11.5 Å². The Kier molecular flexibility index (Phi) is 3.48. The molecule has 27 heavy (non-hydrogen) atoms. The van der Waals surface area contributed by atoms with Crippen molar-refractivity contribution in [2.75, 3.05) is 13.7 Å². The second-order valence-electron chi connectivity index (χ2n) is 7.80. The molecule has 3 fully saturated rings. The fraction of sp³-hybridized carbons (Fsp3) is 0.476. The number of fused-ring (bicyclic) bond motifs is 3. The summed E-state index contributed by atoms with van der Waals surface area (Å²) in [5.74, 6) is 0.935. The molecule has 4 atom stereocenters. The molecule has 1 spiro atoms. The van der Waals surface area contributed by atoms with Crippen LogP contribution in [0.15, 0.2) is 35.5 Å². The number of hydrazone groups is 1. The summed E-state index contributed by atoms with van der Waals surface area (Å²) in [6, 6.07) is 5.41. The Balaban J connectivity index is 1.38. The van der Waals surface area contributed by atoms with Crippen molar-refractivity contribution in [3.05, 3.63) is 35.9 Å². The molecule has 6 nitrogen and oxygen atoms in total. The average molecular weight is 366 g/mol.